The van der Waals surface area contributed by atoms with Gasteiger partial charge in [0.2, 0.25) is 5.91 Å². The molecule has 1 aromatic heterocycles. The summed E-state index contributed by atoms with van der Waals surface area (Å²) in [4.78, 5) is 29.8. The third kappa shape index (κ3) is 2.84. The minimum absolute atomic E-state index is 0.0598. The van der Waals surface area contributed by atoms with Crippen LogP contribution >= 0.6 is 0 Å². The number of nitrogens with zero attached hydrogens (tertiary/aromatic N) is 5. The lowest BCUT2D eigenvalue weighted by Gasteiger charge is -2.35. The molecule has 0 aliphatic carbocycles. The minimum Gasteiger partial charge on any atom is -0.343 e. The van der Waals surface area contributed by atoms with Crippen LogP contribution in [0.5, 0.6) is 0 Å². The molecule has 0 radical (unpaired) electrons. The van der Waals surface area contributed by atoms with E-state index < -0.39 is 0 Å². The quantitative estimate of drug-likeness (QED) is 0.894. The van der Waals surface area contributed by atoms with Crippen molar-refractivity contribution in [1.29, 1.82) is 0 Å². The van der Waals surface area contributed by atoms with Crippen molar-refractivity contribution < 1.29 is 9.59 Å². The Kier molecular flexibility index (Phi) is 3.87. The highest BCUT2D eigenvalue weighted by molar-refractivity contribution is 5.90. The predicted octanol–water partition coefficient (Wildman–Crippen LogP) is 1.35. The van der Waals surface area contributed by atoms with Gasteiger partial charge in [0.15, 0.2) is 5.82 Å². The number of hydrogen-bond donors (Lipinski definition) is 1. The average Bonchev–Trinajstić information content (AvgIpc) is 3.21. The number of hydrogen-bond acceptors (Lipinski definition) is 4. The van der Waals surface area contributed by atoms with E-state index in [4.69, 9.17) is 0 Å². The molecule has 3 amide bonds. The number of fused-ring (bicyclic) bond motifs is 1. The Balaban J connectivity index is 1.47. The first-order valence-corrected chi connectivity index (χ1v) is 8.44. The Labute approximate surface area is 145 Å². The largest absolute Gasteiger partial charge is 0.343 e. The van der Waals surface area contributed by atoms with Crippen molar-refractivity contribution in [3.05, 3.63) is 36.5 Å². The van der Waals surface area contributed by atoms with Gasteiger partial charge in [-0.2, -0.15) is 5.10 Å². The molecular weight excluding hydrogens is 320 g/mol. The Morgan fingerprint density at radius 2 is 2.08 bits per heavy atom. The highest BCUT2D eigenvalue weighted by Gasteiger charge is 2.45. The second kappa shape index (κ2) is 6.19. The van der Waals surface area contributed by atoms with Crippen molar-refractivity contribution >= 4 is 17.8 Å². The molecule has 4 rings (SSSR count). The summed E-state index contributed by atoms with van der Waals surface area (Å²) in [6.07, 6.45) is 3.21. The second-order valence-corrected chi connectivity index (χ2v) is 6.51. The van der Waals surface area contributed by atoms with E-state index in [1.165, 1.54) is 11.0 Å². The highest BCUT2D eigenvalue weighted by atomic mass is 16.2. The molecule has 2 aromatic rings. The number of anilines is 1. The van der Waals surface area contributed by atoms with Crippen LogP contribution in [0.4, 0.5) is 10.6 Å². The monoisotopic (exact) mass is 340 g/mol. The van der Waals surface area contributed by atoms with Gasteiger partial charge in [0.25, 0.3) is 0 Å². The van der Waals surface area contributed by atoms with Gasteiger partial charge in [0, 0.05) is 20.1 Å². The number of nitrogens with one attached hydrogen (secondary N) is 1. The number of para-hydroxylation sites is 1. The van der Waals surface area contributed by atoms with E-state index in [1.54, 1.807) is 16.8 Å². The molecular formula is C17H20N6O2. The molecule has 0 unspecified atom stereocenters. The van der Waals surface area contributed by atoms with E-state index in [2.05, 4.69) is 15.5 Å². The van der Waals surface area contributed by atoms with Gasteiger partial charge in [-0.25, -0.2) is 4.79 Å². The third-order valence-corrected chi connectivity index (χ3v) is 4.91. The van der Waals surface area contributed by atoms with Crippen LogP contribution in [-0.4, -0.2) is 62.9 Å². The Morgan fingerprint density at radius 1 is 1.28 bits per heavy atom. The Hall–Kier alpha value is -2.90. The van der Waals surface area contributed by atoms with Crippen molar-refractivity contribution in [1.82, 2.24) is 24.8 Å². The lowest BCUT2D eigenvalue weighted by Crippen LogP contribution is -2.50. The molecule has 8 nitrogen and oxygen atoms in total. The molecule has 2 fully saturated rings. The van der Waals surface area contributed by atoms with Gasteiger partial charge in [0.1, 0.15) is 0 Å². The van der Waals surface area contributed by atoms with Crippen LogP contribution in [0.2, 0.25) is 0 Å². The van der Waals surface area contributed by atoms with Crippen molar-refractivity contribution in [3.8, 4) is 5.69 Å². The number of carbonyl (C=O) groups excluding carboxylic acids is 2. The van der Waals surface area contributed by atoms with Crippen LogP contribution in [0.15, 0.2) is 36.5 Å². The number of urea groups is 1. The smallest absolute Gasteiger partial charge is 0.323 e. The first-order chi connectivity index (χ1) is 12.1. The molecule has 1 aromatic carbocycles. The topological polar surface area (TPSA) is 83.4 Å². The SMILES string of the molecule is CN1C[C@@H]2[C@@H](CCCN2C(=O)Nc2cnn(-c3ccccc3)n2)C1=O. The molecule has 3 heterocycles. The molecule has 25 heavy (non-hydrogen) atoms. The van der Waals surface area contributed by atoms with E-state index in [0.717, 1.165) is 18.5 Å². The van der Waals surface area contributed by atoms with Crippen LogP contribution in [-0.2, 0) is 4.79 Å². The minimum atomic E-state index is -0.224. The van der Waals surface area contributed by atoms with Gasteiger partial charge >= 0.3 is 6.03 Å². The normalized spacial score (nSPS) is 22.8. The third-order valence-electron chi connectivity index (χ3n) is 4.91. The summed E-state index contributed by atoms with van der Waals surface area (Å²) in [5.74, 6) is 0.454. The zero-order chi connectivity index (χ0) is 17.4. The van der Waals surface area contributed by atoms with E-state index in [0.29, 0.717) is 18.9 Å². The molecule has 2 saturated heterocycles. The van der Waals surface area contributed by atoms with Crippen LogP contribution in [0.1, 0.15) is 12.8 Å². The zero-order valence-corrected chi connectivity index (χ0v) is 14.0. The van der Waals surface area contributed by atoms with E-state index in [1.807, 2.05) is 30.3 Å². The summed E-state index contributed by atoms with van der Waals surface area (Å²) in [6, 6.07) is 9.22. The van der Waals surface area contributed by atoms with Gasteiger partial charge in [-0.05, 0) is 25.0 Å². The Morgan fingerprint density at radius 3 is 2.88 bits per heavy atom. The zero-order valence-electron chi connectivity index (χ0n) is 14.0. The number of likely N-dealkylation sites (tertiary alicyclic amines) is 2. The van der Waals surface area contributed by atoms with E-state index >= 15 is 0 Å². The summed E-state index contributed by atoms with van der Waals surface area (Å²) in [7, 11) is 1.79. The van der Waals surface area contributed by atoms with Gasteiger partial charge in [0.05, 0.1) is 23.8 Å². The molecule has 1 N–H and O–H groups in total. The summed E-state index contributed by atoms with van der Waals surface area (Å²) in [5.41, 5.74) is 0.823. The molecule has 0 spiro atoms. The fraction of sp³-hybridized carbons (Fsp3) is 0.412. The number of piperidine rings is 1. The van der Waals surface area contributed by atoms with E-state index in [-0.39, 0.29) is 23.9 Å². The van der Waals surface area contributed by atoms with Crippen LogP contribution in [0, 0.1) is 5.92 Å². The molecule has 130 valence electrons. The number of likely N-dealkylation sites (N-methyl/N-ethyl adjacent to an activating group) is 1. The van der Waals surface area contributed by atoms with Gasteiger partial charge in [-0.1, -0.05) is 18.2 Å². The predicted molar refractivity (Wildman–Crippen MR) is 91.2 cm³/mol. The molecule has 2 aliphatic rings. The summed E-state index contributed by atoms with van der Waals surface area (Å²) >= 11 is 0. The molecule has 2 atom stereocenters. The lowest BCUT2D eigenvalue weighted by molar-refractivity contribution is -0.130. The summed E-state index contributed by atoms with van der Waals surface area (Å²) in [5, 5.41) is 11.3. The number of rotatable bonds is 2. The van der Waals surface area contributed by atoms with Crippen molar-refractivity contribution in [3.63, 3.8) is 0 Å². The lowest BCUT2D eigenvalue weighted by atomic mass is 9.92. The standard InChI is InChI=1S/C17H20N6O2/c1-21-11-14-13(16(21)24)8-5-9-22(14)17(25)19-15-10-18-23(20-15)12-6-3-2-4-7-12/h2-4,6-7,10,13-14H,5,8-9,11H2,1H3,(H,19,20,25)/t13-,14-/m1/s1. The van der Waals surface area contributed by atoms with Crippen LogP contribution < -0.4 is 5.32 Å². The second-order valence-electron chi connectivity index (χ2n) is 6.51. The van der Waals surface area contributed by atoms with Crippen molar-refractivity contribution in [2.45, 2.75) is 18.9 Å². The highest BCUT2D eigenvalue weighted by Crippen LogP contribution is 2.31. The first kappa shape index (κ1) is 15.6. The first-order valence-electron chi connectivity index (χ1n) is 8.44. The maximum atomic E-state index is 12.7. The van der Waals surface area contributed by atoms with Crippen molar-refractivity contribution in [2.24, 2.45) is 5.92 Å². The van der Waals surface area contributed by atoms with Gasteiger partial charge < -0.3 is 9.80 Å². The maximum absolute atomic E-state index is 12.7. The number of carbonyl (C=O) groups is 2. The summed E-state index contributed by atoms with van der Waals surface area (Å²) in [6.45, 7) is 1.24. The van der Waals surface area contributed by atoms with Gasteiger partial charge in [-0.15, -0.1) is 9.90 Å². The van der Waals surface area contributed by atoms with Crippen LogP contribution in [0.3, 0.4) is 0 Å². The number of amides is 3. The summed E-state index contributed by atoms with van der Waals surface area (Å²) < 4.78 is 0. The fourth-order valence-corrected chi connectivity index (χ4v) is 3.66. The molecule has 2 aliphatic heterocycles. The molecule has 8 heteroatoms. The maximum Gasteiger partial charge on any atom is 0.323 e. The fourth-order valence-electron chi connectivity index (χ4n) is 3.66. The Bertz CT molecular complexity index is 789. The number of benzene rings is 1. The van der Waals surface area contributed by atoms with Crippen LogP contribution in [0.25, 0.3) is 5.69 Å². The van der Waals surface area contributed by atoms with Gasteiger partial charge in [-0.3, -0.25) is 10.1 Å². The number of aromatic nitrogens is 3. The average molecular weight is 340 g/mol. The molecule has 0 saturated carbocycles. The molecule has 0 bridgehead atoms. The van der Waals surface area contributed by atoms with E-state index in [9.17, 15) is 9.59 Å². The van der Waals surface area contributed by atoms with Crippen molar-refractivity contribution in [2.75, 3.05) is 25.5 Å².